The summed E-state index contributed by atoms with van der Waals surface area (Å²) >= 11 is 0. The lowest BCUT2D eigenvalue weighted by Crippen LogP contribution is -2.54. The third-order valence-corrected chi connectivity index (χ3v) is 7.29. The Morgan fingerprint density at radius 3 is 2.38 bits per heavy atom. The number of anilines is 1. The fraction of sp³-hybridized carbons (Fsp3) is 0.536. The van der Waals surface area contributed by atoms with Crippen LogP contribution in [0.4, 0.5) is 5.69 Å². The predicted molar refractivity (Wildman–Crippen MR) is 144 cm³/mol. The molecule has 4 rings (SSSR count). The van der Waals surface area contributed by atoms with Crippen molar-refractivity contribution in [2.75, 3.05) is 5.32 Å². The van der Waals surface area contributed by atoms with Crippen molar-refractivity contribution >= 4 is 35.3 Å². The Bertz CT molecular complexity index is 1260. The predicted octanol–water partition coefficient (Wildman–Crippen LogP) is 3.28. The van der Waals surface area contributed by atoms with Crippen LogP contribution < -0.4 is 10.6 Å². The van der Waals surface area contributed by atoms with E-state index in [-0.39, 0.29) is 30.4 Å². The molecule has 0 spiro atoms. The van der Waals surface area contributed by atoms with Crippen LogP contribution in [0.15, 0.2) is 24.4 Å². The van der Waals surface area contributed by atoms with E-state index in [9.17, 15) is 24.0 Å². The number of unbranched alkanes of at least 4 members (excludes halogenated alkanes) is 8. The van der Waals surface area contributed by atoms with Crippen molar-refractivity contribution in [3.05, 3.63) is 41.2 Å². The molecule has 2 aliphatic rings. The van der Waals surface area contributed by atoms with Crippen molar-refractivity contribution in [3.63, 3.8) is 0 Å². The molecule has 12 heteroatoms. The number of aryl methyl sites for hydroxylation is 1. The lowest BCUT2D eigenvalue weighted by Gasteiger charge is -2.27. The molecule has 1 atom stereocenters. The van der Waals surface area contributed by atoms with E-state index in [2.05, 4.69) is 20.9 Å². The molecule has 2 aromatic rings. The van der Waals surface area contributed by atoms with Gasteiger partial charge in [-0.3, -0.25) is 38.9 Å². The summed E-state index contributed by atoms with van der Waals surface area (Å²) in [7, 11) is 0. The molecule has 3 N–H and O–H groups in total. The molecular formula is C28H36N6O6. The lowest BCUT2D eigenvalue weighted by atomic mass is 10.0. The van der Waals surface area contributed by atoms with Gasteiger partial charge in [-0.15, -0.1) is 5.10 Å². The van der Waals surface area contributed by atoms with E-state index in [1.165, 1.54) is 12.8 Å². The second-order valence-electron chi connectivity index (χ2n) is 10.3. The first-order valence-electron chi connectivity index (χ1n) is 14.0. The molecule has 4 amide bonds. The second-order valence-corrected chi connectivity index (χ2v) is 10.3. The molecule has 1 aromatic carbocycles. The van der Waals surface area contributed by atoms with Crippen LogP contribution in [0.25, 0.3) is 0 Å². The Morgan fingerprint density at radius 1 is 0.975 bits per heavy atom. The standard InChI is InChI=1S/C28H36N6O6/c35-23-15-14-22(26(38)30-23)34-27(39)20-11-10-12-21(25(20)28(34)40)29-17-19-18-33(32-31-19)16-9-7-5-3-1-2-4-6-8-13-24(36)37/h10-12,18,22,29H,1-9,13-17H2,(H,36,37)(H,30,35,38). The number of benzene rings is 1. The summed E-state index contributed by atoms with van der Waals surface area (Å²) in [5, 5.41) is 22.4. The molecule has 1 unspecified atom stereocenters. The normalized spacial score (nSPS) is 16.8. The number of piperidine rings is 1. The highest BCUT2D eigenvalue weighted by Gasteiger charge is 2.45. The molecule has 214 valence electrons. The number of carbonyl (C=O) groups excluding carboxylic acids is 4. The molecule has 12 nitrogen and oxygen atoms in total. The van der Waals surface area contributed by atoms with Crippen molar-refractivity contribution in [1.82, 2.24) is 25.2 Å². The van der Waals surface area contributed by atoms with Gasteiger partial charge in [0.1, 0.15) is 11.7 Å². The zero-order valence-electron chi connectivity index (χ0n) is 22.6. The molecule has 1 aromatic heterocycles. The van der Waals surface area contributed by atoms with Gasteiger partial charge >= 0.3 is 5.97 Å². The van der Waals surface area contributed by atoms with Crippen LogP contribution >= 0.6 is 0 Å². The topological polar surface area (TPSA) is 164 Å². The van der Waals surface area contributed by atoms with E-state index < -0.39 is 35.6 Å². The molecule has 40 heavy (non-hydrogen) atoms. The van der Waals surface area contributed by atoms with Gasteiger partial charge in [0, 0.05) is 25.1 Å². The average Bonchev–Trinajstić information content (AvgIpc) is 3.48. The summed E-state index contributed by atoms with van der Waals surface area (Å²) in [5.41, 5.74) is 1.60. The Morgan fingerprint density at radius 2 is 1.68 bits per heavy atom. The summed E-state index contributed by atoms with van der Waals surface area (Å²) < 4.78 is 1.80. The minimum Gasteiger partial charge on any atom is -0.481 e. The van der Waals surface area contributed by atoms with Crippen molar-refractivity contribution in [2.45, 2.75) is 96.2 Å². The molecule has 0 bridgehead atoms. The van der Waals surface area contributed by atoms with Crippen molar-refractivity contribution in [3.8, 4) is 0 Å². The highest BCUT2D eigenvalue weighted by atomic mass is 16.4. The monoisotopic (exact) mass is 552 g/mol. The van der Waals surface area contributed by atoms with E-state index in [0.717, 1.165) is 56.4 Å². The van der Waals surface area contributed by atoms with Gasteiger partial charge in [0.25, 0.3) is 11.8 Å². The highest BCUT2D eigenvalue weighted by Crippen LogP contribution is 2.32. The van der Waals surface area contributed by atoms with E-state index in [0.29, 0.717) is 17.9 Å². The molecular weight excluding hydrogens is 516 g/mol. The quantitative estimate of drug-likeness (QED) is 0.209. The number of fused-ring (bicyclic) bond motifs is 1. The first kappa shape index (κ1) is 28.9. The highest BCUT2D eigenvalue weighted by molar-refractivity contribution is 6.25. The minimum absolute atomic E-state index is 0.0716. The fourth-order valence-corrected chi connectivity index (χ4v) is 5.16. The number of amides is 4. The molecule has 3 heterocycles. The Balaban J connectivity index is 1.19. The zero-order valence-corrected chi connectivity index (χ0v) is 22.6. The molecule has 0 aliphatic carbocycles. The van der Waals surface area contributed by atoms with E-state index in [1.54, 1.807) is 22.9 Å². The number of hydrogen-bond acceptors (Lipinski definition) is 8. The third-order valence-electron chi connectivity index (χ3n) is 7.29. The van der Waals surface area contributed by atoms with Crippen LogP contribution in [-0.4, -0.2) is 60.6 Å². The molecule has 1 saturated heterocycles. The summed E-state index contributed by atoms with van der Waals surface area (Å²) in [6.07, 6.45) is 11.9. The van der Waals surface area contributed by atoms with Crippen LogP contribution in [0.2, 0.25) is 0 Å². The first-order chi connectivity index (χ1) is 19.3. The third kappa shape index (κ3) is 7.30. The van der Waals surface area contributed by atoms with Crippen molar-refractivity contribution < 1.29 is 29.1 Å². The molecule has 2 aliphatic heterocycles. The SMILES string of the molecule is O=C(O)CCCCCCCCCCCn1cc(CNc2cccc3c2C(=O)N(C2CCC(=O)NC2=O)C3=O)nn1. The molecule has 0 radical (unpaired) electrons. The Kier molecular flexibility index (Phi) is 9.98. The van der Waals surface area contributed by atoms with Gasteiger partial charge in [0.15, 0.2) is 0 Å². The maximum absolute atomic E-state index is 13.2. The summed E-state index contributed by atoms with van der Waals surface area (Å²) in [5.74, 6) is -2.86. The number of imide groups is 2. The Labute approximate surface area is 232 Å². The van der Waals surface area contributed by atoms with Crippen molar-refractivity contribution in [2.24, 2.45) is 0 Å². The van der Waals surface area contributed by atoms with Gasteiger partial charge < -0.3 is 10.4 Å². The van der Waals surface area contributed by atoms with E-state index in [4.69, 9.17) is 5.11 Å². The number of nitrogens with zero attached hydrogens (tertiary/aromatic N) is 4. The van der Waals surface area contributed by atoms with Gasteiger partial charge in [0.05, 0.1) is 23.9 Å². The van der Waals surface area contributed by atoms with E-state index >= 15 is 0 Å². The number of aliphatic carboxylic acids is 1. The number of rotatable bonds is 16. The number of carbonyl (C=O) groups is 5. The van der Waals surface area contributed by atoms with Gasteiger partial charge in [0.2, 0.25) is 11.8 Å². The van der Waals surface area contributed by atoms with Gasteiger partial charge in [-0.05, 0) is 31.4 Å². The Hall–Kier alpha value is -4.09. The van der Waals surface area contributed by atoms with Crippen LogP contribution in [-0.2, 0) is 27.5 Å². The summed E-state index contributed by atoms with van der Waals surface area (Å²) in [6.45, 7) is 1.07. The summed E-state index contributed by atoms with van der Waals surface area (Å²) in [4.78, 5) is 61.5. The molecule has 0 saturated carbocycles. The number of nitrogens with one attached hydrogen (secondary N) is 2. The van der Waals surface area contributed by atoms with Crippen LogP contribution in [0.3, 0.4) is 0 Å². The lowest BCUT2D eigenvalue weighted by molar-refractivity contribution is -0.138. The average molecular weight is 553 g/mol. The first-order valence-corrected chi connectivity index (χ1v) is 14.0. The summed E-state index contributed by atoms with van der Waals surface area (Å²) in [6, 6.07) is 3.94. The van der Waals surface area contributed by atoms with Gasteiger partial charge in [-0.2, -0.15) is 0 Å². The van der Waals surface area contributed by atoms with Crippen molar-refractivity contribution in [1.29, 1.82) is 0 Å². The minimum atomic E-state index is -1.01. The molecule has 1 fully saturated rings. The number of hydrogen-bond donors (Lipinski definition) is 3. The fourth-order valence-electron chi connectivity index (χ4n) is 5.16. The second kappa shape index (κ2) is 13.8. The maximum atomic E-state index is 13.2. The number of aromatic nitrogens is 3. The van der Waals surface area contributed by atoms with Gasteiger partial charge in [-0.25, -0.2) is 0 Å². The number of carboxylic acid groups (broad SMARTS) is 1. The van der Waals surface area contributed by atoms with Crippen LogP contribution in [0.1, 0.15) is 103 Å². The van der Waals surface area contributed by atoms with Gasteiger partial charge in [-0.1, -0.05) is 56.2 Å². The van der Waals surface area contributed by atoms with E-state index in [1.807, 2.05) is 6.20 Å². The largest absolute Gasteiger partial charge is 0.481 e. The maximum Gasteiger partial charge on any atom is 0.303 e. The zero-order chi connectivity index (χ0) is 28.5. The number of carboxylic acids is 1. The smallest absolute Gasteiger partial charge is 0.303 e. The van der Waals surface area contributed by atoms with Crippen LogP contribution in [0.5, 0.6) is 0 Å². The van der Waals surface area contributed by atoms with Crippen LogP contribution in [0, 0.1) is 0 Å².